The molecule has 1 rings (SSSR count). The van der Waals surface area contributed by atoms with Crippen LogP contribution in [0.4, 0.5) is 11.4 Å². The fourth-order valence-electron chi connectivity index (χ4n) is 1.75. The molecule has 0 saturated carbocycles. The molecule has 0 atom stereocenters. The highest BCUT2D eigenvalue weighted by Gasteiger charge is 2.23. The van der Waals surface area contributed by atoms with Gasteiger partial charge in [0, 0.05) is 24.7 Å². The lowest BCUT2D eigenvalue weighted by molar-refractivity contribution is -0.384. The number of nitrogens with zero attached hydrogens (tertiary/aromatic N) is 2. The van der Waals surface area contributed by atoms with Crippen LogP contribution in [0.15, 0.2) is 18.2 Å². The average Bonchev–Trinajstić information content (AvgIpc) is 2.28. The van der Waals surface area contributed by atoms with Crippen LogP contribution in [0.2, 0.25) is 5.02 Å². The molecule has 0 aliphatic rings. The zero-order chi connectivity index (χ0) is 13.9. The zero-order valence-electron chi connectivity index (χ0n) is 10.8. The molecule has 100 valence electrons. The van der Waals surface area contributed by atoms with Crippen LogP contribution in [0.25, 0.3) is 0 Å². The van der Waals surface area contributed by atoms with Gasteiger partial charge < -0.3 is 10.6 Å². The number of benzene rings is 1. The Kier molecular flexibility index (Phi) is 4.53. The third kappa shape index (κ3) is 3.58. The molecule has 0 radical (unpaired) electrons. The van der Waals surface area contributed by atoms with Gasteiger partial charge in [-0.1, -0.05) is 25.4 Å². The molecule has 0 aliphatic heterocycles. The van der Waals surface area contributed by atoms with Gasteiger partial charge >= 0.3 is 0 Å². The lowest BCUT2D eigenvalue weighted by Crippen LogP contribution is -2.37. The van der Waals surface area contributed by atoms with E-state index < -0.39 is 4.92 Å². The van der Waals surface area contributed by atoms with E-state index in [9.17, 15) is 10.1 Å². The van der Waals surface area contributed by atoms with Crippen molar-refractivity contribution in [2.75, 3.05) is 25.0 Å². The van der Waals surface area contributed by atoms with E-state index >= 15 is 0 Å². The lowest BCUT2D eigenvalue weighted by Gasteiger charge is -2.30. The van der Waals surface area contributed by atoms with Gasteiger partial charge in [0.05, 0.1) is 4.92 Å². The van der Waals surface area contributed by atoms with E-state index in [2.05, 4.69) is 0 Å². The van der Waals surface area contributed by atoms with Gasteiger partial charge in [-0.2, -0.15) is 0 Å². The monoisotopic (exact) mass is 271 g/mol. The van der Waals surface area contributed by atoms with Crippen LogP contribution in [0.3, 0.4) is 0 Å². The number of hydrogen-bond acceptors (Lipinski definition) is 4. The van der Waals surface area contributed by atoms with E-state index in [0.717, 1.165) is 0 Å². The molecule has 18 heavy (non-hydrogen) atoms. The number of rotatable bonds is 5. The second-order valence-corrected chi connectivity index (χ2v) is 5.55. The Labute approximate surface area is 112 Å². The summed E-state index contributed by atoms with van der Waals surface area (Å²) in [7, 11) is 1.80. The van der Waals surface area contributed by atoms with E-state index in [0.29, 0.717) is 23.8 Å². The van der Waals surface area contributed by atoms with Crippen molar-refractivity contribution >= 4 is 23.0 Å². The fraction of sp³-hybridized carbons (Fsp3) is 0.500. The highest BCUT2D eigenvalue weighted by Crippen LogP contribution is 2.31. The highest BCUT2D eigenvalue weighted by atomic mass is 35.5. The van der Waals surface area contributed by atoms with Gasteiger partial charge in [0.25, 0.3) is 5.69 Å². The summed E-state index contributed by atoms with van der Waals surface area (Å²) in [5, 5.41) is 11.5. The van der Waals surface area contributed by atoms with Gasteiger partial charge in [-0.15, -0.1) is 0 Å². The molecule has 0 unspecified atom stereocenters. The summed E-state index contributed by atoms with van der Waals surface area (Å²) in [6, 6.07) is 4.54. The molecule has 0 aromatic heterocycles. The van der Waals surface area contributed by atoms with Crippen LogP contribution >= 0.6 is 11.6 Å². The normalized spacial score (nSPS) is 11.4. The third-order valence-electron chi connectivity index (χ3n) is 2.76. The fourth-order valence-corrected chi connectivity index (χ4v) is 1.91. The lowest BCUT2D eigenvalue weighted by atomic mass is 9.93. The summed E-state index contributed by atoms with van der Waals surface area (Å²) < 4.78 is 0. The molecule has 0 saturated heterocycles. The molecule has 0 amide bonds. The summed E-state index contributed by atoms with van der Waals surface area (Å²) in [6.07, 6.45) is 0. The number of nitrogens with two attached hydrogens (primary N) is 1. The maximum absolute atomic E-state index is 11.0. The molecule has 2 N–H and O–H groups in total. The van der Waals surface area contributed by atoms with Crippen LogP contribution < -0.4 is 10.6 Å². The molecule has 0 heterocycles. The highest BCUT2D eigenvalue weighted by molar-refractivity contribution is 6.31. The largest absolute Gasteiger partial charge is 0.368 e. The third-order valence-corrected chi connectivity index (χ3v) is 3.00. The first-order valence-corrected chi connectivity index (χ1v) is 6.00. The van der Waals surface area contributed by atoms with Crippen LogP contribution in [0, 0.1) is 15.5 Å². The van der Waals surface area contributed by atoms with Crippen molar-refractivity contribution in [3.8, 4) is 0 Å². The standard InChI is InChI=1S/C12H18ClN3O2/c1-12(2,7-14)8-15(3)11-6-9(13)4-5-10(11)16(17)18/h4-6H,7-8,14H2,1-3H3. The van der Waals surface area contributed by atoms with Crippen molar-refractivity contribution in [3.63, 3.8) is 0 Å². The van der Waals surface area contributed by atoms with Crippen molar-refractivity contribution in [1.29, 1.82) is 0 Å². The van der Waals surface area contributed by atoms with Crippen LogP contribution in [0.1, 0.15) is 13.8 Å². The Bertz CT molecular complexity index is 449. The minimum atomic E-state index is -0.405. The summed E-state index contributed by atoms with van der Waals surface area (Å²) in [5.74, 6) is 0. The van der Waals surface area contributed by atoms with Crippen LogP contribution in [-0.2, 0) is 0 Å². The molecule has 5 nitrogen and oxygen atoms in total. The topological polar surface area (TPSA) is 72.4 Å². The summed E-state index contributed by atoms with van der Waals surface area (Å²) in [4.78, 5) is 12.4. The van der Waals surface area contributed by atoms with Gasteiger partial charge in [-0.3, -0.25) is 10.1 Å². The maximum atomic E-state index is 11.0. The maximum Gasteiger partial charge on any atom is 0.292 e. The van der Waals surface area contributed by atoms with Gasteiger partial charge in [0.15, 0.2) is 0 Å². The zero-order valence-corrected chi connectivity index (χ0v) is 11.6. The molecule has 0 spiro atoms. The molecular formula is C12H18ClN3O2. The Hall–Kier alpha value is -1.33. The molecule has 6 heteroatoms. The Morgan fingerprint density at radius 1 is 1.50 bits per heavy atom. The van der Waals surface area contributed by atoms with Crippen LogP contribution in [0.5, 0.6) is 0 Å². The van der Waals surface area contributed by atoms with E-state index in [-0.39, 0.29) is 11.1 Å². The number of halogens is 1. The van der Waals surface area contributed by atoms with Gasteiger partial charge in [-0.25, -0.2) is 0 Å². The van der Waals surface area contributed by atoms with E-state index in [1.165, 1.54) is 12.1 Å². The Morgan fingerprint density at radius 3 is 2.61 bits per heavy atom. The molecule has 1 aromatic rings. The predicted molar refractivity (Wildman–Crippen MR) is 74.2 cm³/mol. The van der Waals surface area contributed by atoms with Gasteiger partial charge in [0.1, 0.15) is 5.69 Å². The second kappa shape index (κ2) is 5.54. The summed E-state index contributed by atoms with van der Waals surface area (Å²) >= 11 is 5.90. The first kappa shape index (κ1) is 14.7. The van der Waals surface area contributed by atoms with Crippen molar-refractivity contribution in [2.45, 2.75) is 13.8 Å². The van der Waals surface area contributed by atoms with Crippen LogP contribution in [-0.4, -0.2) is 25.1 Å². The van der Waals surface area contributed by atoms with E-state index in [1.54, 1.807) is 13.1 Å². The number of nitro groups is 1. The smallest absolute Gasteiger partial charge is 0.292 e. The van der Waals surface area contributed by atoms with E-state index in [1.807, 2.05) is 18.7 Å². The number of anilines is 1. The number of hydrogen-bond donors (Lipinski definition) is 1. The van der Waals surface area contributed by atoms with E-state index in [4.69, 9.17) is 17.3 Å². The van der Waals surface area contributed by atoms with Crippen molar-refractivity contribution in [2.24, 2.45) is 11.1 Å². The number of nitro benzene ring substituents is 1. The first-order chi connectivity index (χ1) is 8.26. The summed E-state index contributed by atoms with van der Waals surface area (Å²) in [6.45, 7) is 5.15. The minimum Gasteiger partial charge on any atom is -0.368 e. The van der Waals surface area contributed by atoms with Crippen molar-refractivity contribution < 1.29 is 4.92 Å². The first-order valence-electron chi connectivity index (χ1n) is 5.62. The minimum absolute atomic E-state index is 0.0507. The average molecular weight is 272 g/mol. The quantitative estimate of drug-likeness (QED) is 0.660. The molecule has 0 fully saturated rings. The van der Waals surface area contributed by atoms with Crippen molar-refractivity contribution in [3.05, 3.63) is 33.3 Å². The SMILES string of the molecule is CN(CC(C)(C)CN)c1cc(Cl)ccc1[N+](=O)[O-]. The molecular weight excluding hydrogens is 254 g/mol. The summed E-state index contributed by atoms with van der Waals surface area (Å²) in [5.41, 5.74) is 6.11. The molecule has 0 aliphatic carbocycles. The van der Waals surface area contributed by atoms with Crippen molar-refractivity contribution in [1.82, 2.24) is 0 Å². The van der Waals surface area contributed by atoms with Gasteiger partial charge in [-0.05, 0) is 24.1 Å². The molecule has 0 bridgehead atoms. The second-order valence-electron chi connectivity index (χ2n) is 5.11. The Morgan fingerprint density at radius 2 is 2.11 bits per heavy atom. The molecule has 1 aromatic carbocycles. The van der Waals surface area contributed by atoms with Gasteiger partial charge in [0.2, 0.25) is 0 Å². The Balaban J connectivity index is 3.07. The predicted octanol–water partition coefficient (Wildman–Crippen LogP) is 2.67.